The smallest absolute Gasteiger partial charge is 0.206 e. The number of nitrogens with zero attached hydrogens (tertiary/aromatic N) is 2. The van der Waals surface area contributed by atoms with Crippen molar-refractivity contribution in [1.82, 2.24) is 9.55 Å². The highest BCUT2D eigenvalue weighted by Crippen LogP contribution is 2.32. The molecule has 0 fully saturated rings. The van der Waals surface area contributed by atoms with Gasteiger partial charge in [-0.2, -0.15) is 0 Å². The van der Waals surface area contributed by atoms with E-state index in [1.165, 1.54) is 0 Å². The average Bonchev–Trinajstić information content (AvgIpc) is 2.77. The van der Waals surface area contributed by atoms with Gasteiger partial charge in [-0.1, -0.05) is 17.7 Å². The first kappa shape index (κ1) is 14.5. The van der Waals surface area contributed by atoms with Gasteiger partial charge in [0.2, 0.25) is 5.95 Å². The van der Waals surface area contributed by atoms with E-state index in [0.717, 1.165) is 26.0 Å². The third kappa shape index (κ3) is 2.55. The monoisotopic (exact) mass is 413 g/mol. The van der Waals surface area contributed by atoms with E-state index in [0.29, 0.717) is 17.6 Å². The standard InChI is InChI=1S/C15H13ClIN3O/c1-2-21-13-5-3-4-12-14(13)19-15(18)20(12)11-7-6-9(16)8-10(11)17/h3-8H,2H2,1H3,(H2,18,19). The molecule has 0 saturated heterocycles. The number of hydrogen-bond donors (Lipinski definition) is 1. The van der Waals surface area contributed by atoms with Gasteiger partial charge in [0.1, 0.15) is 11.3 Å². The first-order valence-corrected chi connectivity index (χ1v) is 7.92. The van der Waals surface area contributed by atoms with E-state index in [1.807, 2.05) is 47.9 Å². The maximum atomic E-state index is 6.12. The third-order valence-electron chi connectivity index (χ3n) is 3.12. The SMILES string of the molecule is CCOc1cccc2c1nc(N)n2-c1ccc(Cl)cc1I. The van der Waals surface area contributed by atoms with Crippen molar-refractivity contribution >= 4 is 51.2 Å². The number of fused-ring (bicyclic) bond motifs is 1. The molecule has 0 bridgehead atoms. The summed E-state index contributed by atoms with van der Waals surface area (Å²) in [5.74, 6) is 1.17. The van der Waals surface area contributed by atoms with Crippen LogP contribution in [0.3, 0.4) is 0 Å². The topological polar surface area (TPSA) is 53.1 Å². The summed E-state index contributed by atoms with van der Waals surface area (Å²) in [5.41, 5.74) is 8.75. The molecule has 0 amide bonds. The van der Waals surface area contributed by atoms with Gasteiger partial charge in [-0.3, -0.25) is 4.57 Å². The molecule has 0 unspecified atom stereocenters. The second-order valence-electron chi connectivity index (χ2n) is 4.46. The van der Waals surface area contributed by atoms with E-state index >= 15 is 0 Å². The fraction of sp³-hybridized carbons (Fsp3) is 0.133. The van der Waals surface area contributed by atoms with E-state index in [4.69, 9.17) is 22.1 Å². The highest BCUT2D eigenvalue weighted by molar-refractivity contribution is 14.1. The lowest BCUT2D eigenvalue weighted by Gasteiger charge is -2.10. The molecule has 0 radical (unpaired) electrons. The van der Waals surface area contributed by atoms with Gasteiger partial charge in [-0.05, 0) is 59.8 Å². The molecule has 1 aromatic heterocycles. The Bertz CT molecular complexity index is 816. The molecule has 3 rings (SSSR count). The van der Waals surface area contributed by atoms with Gasteiger partial charge in [-0.15, -0.1) is 0 Å². The van der Waals surface area contributed by atoms with Crippen LogP contribution in [0.25, 0.3) is 16.7 Å². The van der Waals surface area contributed by atoms with Crippen LogP contribution in [0.1, 0.15) is 6.92 Å². The molecule has 21 heavy (non-hydrogen) atoms. The predicted molar refractivity (Wildman–Crippen MR) is 94.4 cm³/mol. The fourth-order valence-electron chi connectivity index (χ4n) is 2.28. The Morgan fingerprint density at radius 3 is 2.86 bits per heavy atom. The Morgan fingerprint density at radius 2 is 2.14 bits per heavy atom. The normalized spacial score (nSPS) is 11.0. The molecule has 0 spiro atoms. The van der Waals surface area contributed by atoms with Crippen LogP contribution < -0.4 is 10.5 Å². The Morgan fingerprint density at radius 1 is 1.33 bits per heavy atom. The summed E-state index contributed by atoms with van der Waals surface area (Å²) in [7, 11) is 0. The van der Waals surface area contributed by atoms with Crippen LogP contribution in [0.2, 0.25) is 5.02 Å². The molecule has 0 saturated carbocycles. The maximum absolute atomic E-state index is 6.12. The zero-order chi connectivity index (χ0) is 15.0. The molecule has 108 valence electrons. The molecule has 3 aromatic rings. The predicted octanol–water partition coefficient (Wildman–Crippen LogP) is 4.26. The number of rotatable bonds is 3. The minimum absolute atomic E-state index is 0.428. The number of aromatic nitrogens is 2. The number of hydrogen-bond acceptors (Lipinski definition) is 3. The van der Waals surface area contributed by atoms with Crippen LogP contribution in [0, 0.1) is 3.57 Å². The molecule has 0 aliphatic rings. The molecule has 1 heterocycles. The summed E-state index contributed by atoms with van der Waals surface area (Å²) >= 11 is 8.26. The average molecular weight is 414 g/mol. The second-order valence-corrected chi connectivity index (χ2v) is 6.06. The van der Waals surface area contributed by atoms with Gasteiger partial charge in [0.05, 0.1) is 17.8 Å². The molecule has 0 aliphatic carbocycles. The van der Waals surface area contributed by atoms with Gasteiger partial charge < -0.3 is 10.5 Å². The highest BCUT2D eigenvalue weighted by atomic mass is 127. The van der Waals surface area contributed by atoms with Crippen molar-refractivity contribution in [2.75, 3.05) is 12.3 Å². The summed E-state index contributed by atoms with van der Waals surface area (Å²) in [6, 6.07) is 11.5. The van der Waals surface area contributed by atoms with Crippen LogP contribution >= 0.6 is 34.2 Å². The van der Waals surface area contributed by atoms with Crippen molar-refractivity contribution in [3.8, 4) is 11.4 Å². The minimum atomic E-state index is 0.428. The lowest BCUT2D eigenvalue weighted by atomic mass is 10.2. The van der Waals surface area contributed by atoms with Crippen molar-refractivity contribution < 1.29 is 4.74 Å². The number of halogens is 2. The first-order valence-electron chi connectivity index (χ1n) is 6.47. The molecule has 2 N–H and O–H groups in total. The van der Waals surface area contributed by atoms with E-state index in [9.17, 15) is 0 Å². The first-order chi connectivity index (χ1) is 10.1. The minimum Gasteiger partial charge on any atom is -0.492 e. The Hall–Kier alpha value is -1.47. The fourth-order valence-corrected chi connectivity index (χ4v) is 3.39. The van der Waals surface area contributed by atoms with E-state index in [1.54, 1.807) is 0 Å². The van der Waals surface area contributed by atoms with Gasteiger partial charge in [0.15, 0.2) is 0 Å². The van der Waals surface area contributed by atoms with Crippen molar-refractivity contribution in [2.24, 2.45) is 0 Å². The van der Waals surface area contributed by atoms with Crippen molar-refractivity contribution in [2.45, 2.75) is 6.92 Å². The summed E-state index contributed by atoms with van der Waals surface area (Å²) in [6.07, 6.45) is 0. The largest absolute Gasteiger partial charge is 0.492 e. The zero-order valence-corrected chi connectivity index (χ0v) is 14.2. The summed E-state index contributed by atoms with van der Waals surface area (Å²) < 4.78 is 8.54. The third-order valence-corrected chi connectivity index (χ3v) is 4.22. The quantitative estimate of drug-likeness (QED) is 0.653. The summed E-state index contributed by atoms with van der Waals surface area (Å²) in [5, 5.41) is 0.696. The van der Waals surface area contributed by atoms with E-state index in [-0.39, 0.29) is 0 Å². The van der Waals surface area contributed by atoms with Gasteiger partial charge >= 0.3 is 0 Å². The Kier molecular flexibility index (Phi) is 3.95. The lowest BCUT2D eigenvalue weighted by molar-refractivity contribution is 0.344. The summed E-state index contributed by atoms with van der Waals surface area (Å²) in [4.78, 5) is 4.45. The molecule has 6 heteroatoms. The maximum Gasteiger partial charge on any atom is 0.206 e. The second kappa shape index (κ2) is 5.73. The number of imidazole rings is 1. The number of benzene rings is 2. The molecule has 2 aromatic carbocycles. The number of anilines is 1. The van der Waals surface area contributed by atoms with E-state index < -0.39 is 0 Å². The zero-order valence-electron chi connectivity index (χ0n) is 11.3. The molecular weight excluding hydrogens is 401 g/mol. The van der Waals surface area contributed by atoms with Crippen molar-refractivity contribution in [1.29, 1.82) is 0 Å². The Labute approximate surface area is 141 Å². The van der Waals surface area contributed by atoms with Crippen LogP contribution in [-0.2, 0) is 0 Å². The van der Waals surface area contributed by atoms with E-state index in [2.05, 4.69) is 27.6 Å². The lowest BCUT2D eigenvalue weighted by Crippen LogP contribution is -2.02. The van der Waals surface area contributed by atoms with Crippen molar-refractivity contribution in [3.63, 3.8) is 0 Å². The number of nitrogens with two attached hydrogens (primary N) is 1. The van der Waals surface area contributed by atoms with Crippen LogP contribution in [-0.4, -0.2) is 16.2 Å². The van der Waals surface area contributed by atoms with Crippen LogP contribution in [0.4, 0.5) is 5.95 Å². The van der Waals surface area contributed by atoms with Gasteiger partial charge in [0, 0.05) is 8.59 Å². The number of para-hydroxylation sites is 1. The number of ether oxygens (including phenoxy) is 1. The highest BCUT2D eigenvalue weighted by Gasteiger charge is 2.15. The Balaban J connectivity index is 2.28. The molecular formula is C15H13ClIN3O. The van der Waals surface area contributed by atoms with Gasteiger partial charge in [-0.25, -0.2) is 4.98 Å². The van der Waals surface area contributed by atoms with Crippen LogP contribution in [0.15, 0.2) is 36.4 Å². The number of nitrogen functional groups attached to an aromatic ring is 1. The van der Waals surface area contributed by atoms with Gasteiger partial charge in [0.25, 0.3) is 0 Å². The van der Waals surface area contributed by atoms with Crippen LogP contribution in [0.5, 0.6) is 5.75 Å². The molecule has 0 aliphatic heterocycles. The molecule has 0 atom stereocenters. The summed E-state index contributed by atoms with van der Waals surface area (Å²) in [6.45, 7) is 2.53. The van der Waals surface area contributed by atoms with Crippen molar-refractivity contribution in [3.05, 3.63) is 45.0 Å². The molecule has 4 nitrogen and oxygen atoms in total.